The van der Waals surface area contributed by atoms with Crippen LogP contribution in [0.25, 0.3) is 5.65 Å². The van der Waals surface area contributed by atoms with E-state index in [1.807, 2.05) is 0 Å². The zero-order valence-electron chi connectivity index (χ0n) is 11.3. The highest BCUT2D eigenvalue weighted by atomic mass is 16.2. The molecule has 0 spiro atoms. The van der Waals surface area contributed by atoms with E-state index in [9.17, 15) is 9.59 Å². The highest BCUT2D eigenvalue weighted by Crippen LogP contribution is 2.28. The predicted molar refractivity (Wildman–Crippen MR) is 74.6 cm³/mol. The number of amides is 1. The van der Waals surface area contributed by atoms with Crippen molar-refractivity contribution in [1.82, 2.24) is 14.6 Å². The standard InChI is InChI=1S/C14H18N4O2/c15-13(20)12-11(19)7-10(18-14(12)16-8-17-18)6-5-9-3-1-2-4-9/h7-9H,1-6H2,(H2,15,20)(H,16,17). The topological polar surface area (TPSA) is 93.3 Å². The van der Waals surface area contributed by atoms with E-state index in [1.54, 1.807) is 4.52 Å². The Morgan fingerprint density at radius 1 is 1.45 bits per heavy atom. The quantitative estimate of drug-likeness (QED) is 0.878. The van der Waals surface area contributed by atoms with Gasteiger partial charge in [0.1, 0.15) is 11.9 Å². The molecule has 2 aromatic rings. The van der Waals surface area contributed by atoms with Gasteiger partial charge in [0.15, 0.2) is 11.1 Å². The second kappa shape index (κ2) is 5.11. The summed E-state index contributed by atoms with van der Waals surface area (Å²) in [4.78, 5) is 27.4. The van der Waals surface area contributed by atoms with Crippen molar-refractivity contribution in [3.05, 3.63) is 33.9 Å². The molecule has 0 aliphatic heterocycles. The van der Waals surface area contributed by atoms with E-state index in [-0.39, 0.29) is 11.0 Å². The first kappa shape index (κ1) is 12.9. The van der Waals surface area contributed by atoms with Crippen molar-refractivity contribution in [2.45, 2.75) is 38.5 Å². The minimum Gasteiger partial charge on any atom is -0.365 e. The van der Waals surface area contributed by atoms with Crippen LogP contribution in [0.5, 0.6) is 0 Å². The number of aromatic amines is 1. The highest BCUT2D eigenvalue weighted by Gasteiger charge is 2.19. The molecule has 0 atom stereocenters. The molecule has 1 saturated carbocycles. The van der Waals surface area contributed by atoms with Crippen molar-refractivity contribution < 1.29 is 4.79 Å². The van der Waals surface area contributed by atoms with Gasteiger partial charge in [-0.25, -0.2) is 9.50 Å². The summed E-state index contributed by atoms with van der Waals surface area (Å²) in [7, 11) is 0. The third kappa shape index (κ3) is 2.21. The third-order valence-corrected chi connectivity index (χ3v) is 4.17. The Labute approximate surface area is 116 Å². The predicted octanol–water partition coefficient (Wildman–Crippen LogP) is 1.24. The first-order valence-electron chi connectivity index (χ1n) is 7.04. The Bertz CT molecular complexity index is 695. The Balaban J connectivity index is 1.95. The molecule has 1 aliphatic carbocycles. The van der Waals surface area contributed by atoms with Crippen molar-refractivity contribution in [3.8, 4) is 0 Å². The van der Waals surface area contributed by atoms with Crippen LogP contribution in [0, 0.1) is 5.92 Å². The van der Waals surface area contributed by atoms with Crippen LogP contribution in [-0.2, 0) is 6.42 Å². The molecule has 2 aromatic heterocycles. The molecular formula is C14H18N4O2. The molecule has 0 unspecified atom stereocenters. The summed E-state index contributed by atoms with van der Waals surface area (Å²) in [5, 5.41) is 2.94. The van der Waals surface area contributed by atoms with Gasteiger partial charge in [-0.05, 0) is 18.8 Å². The number of nitrogens with two attached hydrogens (primary N) is 1. The van der Waals surface area contributed by atoms with E-state index >= 15 is 0 Å². The van der Waals surface area contributed by atoms with Gasteiger partial charge in [0.05, 0.1) is 0 Å². The first-order valence-corrected chi connectivity index (χ1v) is 7.04. The van der Waals surface area contributed by atoms with Crippen LogP contribution < -0.4 is 11.2 Å². The number of H-pyrrole nitrogens is 1. The van der Waals surface area contributed by atoms with E-state index in [4.69, 9.17) is 5.73 Å². The monoisotopic (exact) mass is 274 g/mol. The van der Waals surface area contributed by atoms with Crippen LogP contribution in [0.4, 0.5) is 0 Å². The molecule has 0 radical (unpaired) electrons. The molecule has 106 valence electrons. The Hall–Kier alpha value is -2.11. The van der Waals surface area contributed by atoms with E-state index in [2.05, 4.69) is 10.1 Å². The van der Waals surface area contributed by atoms with Gasteiger partial charge in [0.2, 0.25) is 0 Å². The molecule has 1 amide bonds. The van der Waals surface area contributed by atoms with Gasteiger partial charge < -0.3 is 5.73 Å². The van der Waals surface area contributed by atoms with Crippen molar-refractivity contribution in [2.24, 2.45) is 11.7 Å². The molecule has 0 saturated heterocycles. The summed E-state index contributed by atoms with van der Waals surface area (Å²) in [6.07, 6.45) is 8.52. The number of fused-ring (bicyclic) bond motifs is 1. The lowest BCUT2D eigenvalue weighted by molar-refractivity contribution is 0.100. The second-order valence-corrected chi connectivity index (χ2v) is 5.47. The molecule has 1 aliphatic rings. The van der Waals surface area contributed by atoms with Gasteiger partial charge in [-0.15, -0.1) is 0 Å². The van der Waals surface area contributed by atoms with E-state index in [1.165, 1.54) is 38.1 Å². The number of hydrogen-bond donors (Lipinski definition) is 2. The lowest BCUT2D eigenvalue weighted by Gasteiger charge is -2.10. The maximum absolute atomic E-state index is 12.0. The van der Waals surface area contributed by atoms with Crippen LogP contribution in [0.1, 0.15) is 48.2 Å². The minimum atomic E-state index is -0.734. The lowest BCUT2D eigenvalue weighted by Crippen LogP contribution is -2.24. The van der Waals surface area contributed by atoms with Crippen molar-refractivity contribution in [3.63, 3.8) is 0 Å². The van der Waals surface area contributed by atoms with Crippen LogP contribution in [0.2, 0.25) is 0 Å². The molecule has 0 bridgehead atoms. The number of carbonyl (C=O) groups is 1. The van der Waals surface area contributed by atoms with Gasteiger partial charge in [-0.2, -0.15) is 0 Å². The Morgan fingerprint density at radius 2 is 2.20 bits per heavy atom. The van der Waals surface area contributed by atoms with E-state index in [0.717, 1.165) is 24.5 Å². The Morgan fingerprint density at radius 3 is 2.90 bits per heavy atom. The number of pyridine rings is 1. The van der Waals surface area contributed by atoms with Crippen molar-refractivity contribution in [2.75, 3.05) is 0 Å². The molecule has 20 heavy (non-hydrogen) atoms. The number of aromatic nitrogens is 3. The average Bonchev–Trinajstić information content (AvgIpc) is 3.06. The Kier molecular flexibility index (Phi) is 3.30. The highest BCUT2D eigenvalue weighted by molar-refractivity contribution is 5.98. The fourth-order valence-corrected chi connectivity index (χ4v) is 3.13. The van der Waals surface area contributed by atoms with Gasteiger partial charge in [-0.3, -0.25) is 14.7 Å². The van der Waals surface area contributed by atoms with Gasteiger partial charge >= 0.3 is 0 Å². The summed E-state index contributed by atoms with van der Waals surface area (Å²) in [5.74, 6) is 0.0152. The summed E-state index contributed by atoms with van der Waals surface area (Å²) >= 11 is 0. The molecular weight excluding hydrogens is 256 g/mol. The van der Waals surface area contributed by atoms with Crippen LogP contribution in [0.3, 0.4) is 0 Å². The fraction of sp³-hybridized carbons (Fsp3) is 0.500. The molecule has 2 heterocycles. The van der Waals surface area contributed by atoms with Crippen LogP contribution in [-0.4, -0.2) is 20.5 Å². The third-order valence-electron chi connectivity index (χ3n) is 4.17. The molecule has 6 nitrogen and oxygen atoms in total. The van der Waals surface area contributed by atoms with E-state index < -0.39 is 5.91 Å². The fourth-order valence-electron chi connectivity index (χ4n) is 3.13. The largest absolute Gasteiger partial charge is 0.365 e. The summed E-state index contributed by atoms with van der Waals surface area (Å²) in [5.41, 5.74) is 6.06. The SMILES string of the molecule is NC(=O)c1c(=O)cc(CCC2CCCC2)n2[nH]cnc12. The normalized spacial score (nSPS) is 16.0. The average molecular weight is 274 g/mol. The van der Waals surface area contributed by atoms with Crippen molar-refractivity contribution >= 4 is 11.6 Å². The number of primary amides is 1. The van der Waals surface area contributed by atoms with Crippen molar-refractivity contribution in [1.29, 1.82) is 0 Å². The van der Waals surface area contributed by atoms with Gasteiger partial charge in [-0.1, -0.05) is 25.7 Å². The minimum absolute atomic E-state index is 0.0455. The number of carbonyl (C=O) groups excluding carboxylic acids is 1. The maximum Gasteiger partial charge on any atom is 0.256 e. The van der Waals surface area contributed by atoms with Gasteiger partial charge in [0, 0.05) is 11.8 Å². The van der Waals surface area contributed by atoms with E-state index in [0.29, 0.717) is 5.65 Å². The summed E-state index contributed by atoms with van der Waals surface area (Å²) in [6, 6.07) is 1.50. The number of nitrogens with one attached hydrogen (secondary N) is 1. The maximum atomic E-state index is 12.0. The lowest BCUT2D eigenvalue weighted by atomic mass is 10.00. The number of nitrogens with zero attached hydrogens (tertiary/aromatic N) is 2. The van der Waals surface area contributed by atoms with Crippen LogP contribution >= 0.6 is 0 Å². The molecule has 3 rings (SSSR count). The molecule has 0 aromatic carbocycles. The number of aryl methyl sites for hydroxylation is 1. The first-order chi connectivity index (χ1) is 9.66. The zero-order valence-corrected chi connectivity index (χ0v) is 11.3. The van der Waals surface area contributed by atoms with Gasteiger partial charge in [0.25, 0.3) is 5.91 Å². The van der Waals surface area contributed by atoms with Crippen LogP contribution in [0.15, 0.2) is 17.2 Å². The molecule has 1 fully saturated rings. The number of rotatable bonds is 4. The summed E-state index contributed by atoms with van der Waals surface area (Å²) in [6.45, 7) is 0. The number of hydrogen-bond acceptors (Lipinski definition) is 3. The zero-order chi connectivity index (χ0) is 14.1. The smallest absolute Gasteiger partial charge is 0.256 e. The summed E-state index contributed by atoms with van der Waals surface area (Å²) < 4.78 is 1.69. The second-order valence-electron chi connectivity index (χ2n) is 5.47. The molecule has 6 heteroatoms. The molecule has 3 N–H and O–H groups in total.